The molecule has 3 aliphatic heterocycles. The van der Waals surface area contributed by atoms with Gasteiger partial charge in [-0.3, -0.25) is 4.68 Å². The first-order chi connectivity index (χ1) is 14.2. The second-order valence-corrected chi connectivity index (χ2v) is 8.22. The van der Waals surface area contributed by atoms with E-state index in [1.165, 1.54) is 25.9 Å². The van der Waals surface area contributed by atoms with Crippen molar-refractivity contribution in [1.29, 1.82) is 0 Å². The number of benzene rings is 2. The van der Waals surface area contributed by atoms with Crippen molar-refractivity contribution in [2.45, 2.75) is 32.0 Å². The third-order valence-electron chi connectivity index (χ3n) is 6.44. The second kappa shape index (κ2) is 8.95. The van der Waals surface area contributed by atoms with Gasteiger partial charge in [-0.05, 0) is 49.5 Å². The third-order valence-corrected chi connectivity index (χ3v) is 6.44. The zero-order valence-corrected chi connectivity index (χ0v) is 16.4. The van der Waals surface area contributed by atoms with Crippen LogP contribution in [-0.2, 0) is 13.1 Å². The molecular weight excluding hydrogens is 371 g/mol. The molecule has 0 amide bonds. The normalized spacial score (nSPS) is 22.7. The average molecular weight is 398 g/mol. The summed E-state index contributed by atoms with van der Waals surface area (Å²) in [4.78, 5) is 14.4. The predicted octanol–water partition coefficient (Wildman–Crippen LogP) is 2.32. The van der Waals surface area contributed by atoms with Crippen molar-refractivity contribution in [2.24, 2.45) is 5.92 Å². The van der Waals surface area contributed by atoms with Gasteiger partial charge in [0.05, 0.1) is 23.3 Å². The molecule has 4 heterocycles. The maximum absolute atomic E-state index is 11.9. The number of piperidine rings is 3. The topological polar surface area (TPSA) is 70.4 Å². The molecule has 30 heavy (non-hydrogen) atoms. The number of carboxylic acids is 1. The van der Waals surface area contributed by atoms with Crippen LogP contribution in [0.15, 0.2) is 48.5 Å². The van der Waals surface area contributed by atoms with Gasteiger partial charge in [-0.25, -0.2) is 4.79 Å². The molecule has 0 aliphatic carbocycles. The summed E-state index contributed by atoms with van der Waals surface area (Å²) in [6, 6.07) is 16.1. The van der Waals surface area contributed by atoms with Crippen LogP contribution in [0.2, 0.25) is 0 Å². The van der Waals surface area contributed by atoms with Crippen LogP contribution in [-0.4, -0.2) is 70.3 Å². The number of aromatic carboxylic acids is 1. The SMILES string of the molecule is O=C(O)c1cccc2c1c(CNC1CN3CCC1CC3)nn2Cc1ccccc1.[LiH]. The summed E-state index contributed by atoms with van der Waals surface area (Å²) in [5.74, 6) is -0.185. The van der Waals surface area contributed by atoms with Gasteiger partial charge in [-0.15, -0.1) is 0 Å². The zero-order valence-electron chi connectivity index (χ0n) is 16.4. The molecule has 0 saturated carbocycles. The number of carboxylic acid groups (broad SMARTS) is 1. The van der Waals surface area contributed by atoms with Crippen LogP contribution in [0.25, 0.3) is 10.9 Å². The van der Waals surface area contributed by atoms with Gasteiger partial charge in [0.25, 0.3) is 0 Å². The molecule has 1 unspecified atom stereocenters. The Labute approximate surface area is 188 Å². The average Bonchev–Trinajstić information content (AvgIpc) is 3.11. The number of aromatic nitrogens is 2. The number of carbonyl (C=O) groups is 1. The standard InChI is InChI=1S/C23H26N4O2.Li.H/c28-23(29)18-7-4-8-21-22(18)19(25-27(21)14-16-5-2-1-3-6-16)13-24-20-15-26-11-9-17(20)10-12-26;;/h1-8,17,20,24H,9-15H2,(H,28,29);;. The summed E-state index contributed by atoms with van der Waals surface area (Å²) in [5, 5.41) is 19.0. The van der Waals surface area contributed by atoms with Crippen molar-refractivity contribution in [2.75, 3.05) is 19.6 Å². The van der Waals surface area contributed by atoms with Crippen LogP contribution in [0.3, 0.4) is 0 Å². The van der Waals surface area contributed by atoms with E-state index in [0.29, 0.717) is 24.7 Å². The van der Waals surface area contributed by atoms with Gasteiger partial charge in [0.1, 0.15) is 0 Å². The fraction of sp³-hybridized carbons (Fsp3) is 0.391. The first-order valence-electron chi connectivity index (χ1n) is 10.4. The molecular formula is C23H27LiN4O2. The molecule has 1 aromatic heterocycles. The van der Waals surface area contributed by atoms with E-state index in [9.17, 15) is 9.90 Å². The minimum absolute atomic E-state index is 0. The van der Waals surface area contributed by atoms with Crippen LogP contribution < -0.4 is 5.32 Å². The van der Waals surface area contributed by atoms with Crippen molar-refractivity contribution in [3.8, 4) is 0 Å². The van der Waals surface area contributed by atoms with Crippen LogP contribution in [0, 0.1) is 5.92 Å². The third kappa shape index (κ3) is 4.06. The number of fused-ring (bicyclic) bond motifs is 4. The maximum atomic E-state index is 11.9. The summed E-state index contributed by atoms with van der Waals surface area (Å²) in [6.45, 7) is 4.72. The zero-order chi connectivity index (χ0) is 19.8. The molecule has 6 nitrogen and oxygen atoms in total. The molecule has 3 aromatic rings. The fourth-order valence-electron chi connectivity index (χ4n) is 4.91. The van der Waals surface area contributed by atoms with Gasteiger partial charge < -0.3 is 15.3 Å². The molecule has 152 valence electrons. The number of hydrogen-bond donors (Lipinski definition) is 2. The summed E-state index contributed by atoms with van der Waals surface area (Å²) >= 11 is 0. The van der Waals surface area contributed by atoms with Crippen LogP contribution >= 0.6 is 0 Å². The number of rotatable bonds is 6. The van der Waals surface area contributed by atoms with Crippen molar-refractivity contribution in [1.82, 2.24) is 20.0 Å². The van der Waals surface area contributed by atoms with Crippen molar-refractivity contribution >= 4 is 35.7 Å². The molecule has 0 spiro atoms. The summed E-state index contributed by atoms with van der Waals surface area (Å²) in [7, 11) is 0. The Morgan fingerprint density at radius 3 is 2.53 bits per heavy atom. The molecule has 3 aliphatic rings. The van der Waals surface area contributed by atoms with E-state index < -0.39 is 5.97 Å². The van der Waals surface area contributed by atoms with Crippen molar-refractivity contribution in [3.05, 3.63) is 65.4 Å². The van der Waals surface area contributed by atoms with Gasteiger partial charge in [0, 0.05) is 24.5 Å². The Hall–Kier alpha value is -2.10. The molecule has 3 saturated heterocycles. The van der Waals surface area contributed by atoms with E-state index in [4.69, 9.17) is 5.10 Å². The molecule has 6 rings (SSSR count). The van der Waals surface area contributed by atoms with Crippen LogP contribution in [0.1, 0.15) is 34.5 Å². The summed E-state index contributed by atoms with van der Waals surface area (Å²) in [6.07, 6.45) is 2.50. The first-order valence-corrected chi connectivity index (χ1v) is 10.4. The van der Waals surface area contributed by atoms with Crippen LogP contribution in [0.4, 0.5) is 0 Å². The molecule has 2 aromatic carbocycles. The van der Waals surface area contributed by atoms with E-state index in [1.807, 2.05) is 28.9 Å². The van der Waals surface area contributed by atoms with Gasteiger partial charge in [-0.2, -0.15) is 5.10 Å². The van der Waals surface area contributed by atoms with Gasteiger partial charge >= 0.3 is 24.8 Å². The molecule has 2 bridgehead atoms. The van der Waals surface area contributed by atoms with E-state index in [2.05, 4.69) is 22.3 Å². The van der Waals surface area contributed by atoms with Gasteiger partial charge in [0.15, 0.2) is 0 Å². The Bertz CT molecular complexity index is 1030. The van der Waals surface area contributed by atoms with Gasteiger partial charge in [-0.1, -0.05) is 36.4 Å². The molecule has 1 atom stereocenters. The molecule has 0 radical (unpaired) electrons. The Morgan fingerprint density at radius 2 is 1.87 bits per heavy atom. The first kappa shape index (κ1) is 21.1. The van der Waals surface area contributed by atoms with E-state index in [1.54, 1.807) is 12.1 Å². The Balaban J connectivity index is 0.00000218. The van der Waals surface area contributed by atoms with Crippen molar-refractivity contribution in [3.63, 3.8) is 0 Å². The monoisotopic (exact) mass is 398 g/mol. The Morgan fingerprint density at radius 1 is 1.10 bits per heavy atom. The second-order valence-electron chi connectivity index (χ2n) is 8.22. The molecule has 7 heteroatoms. The molecule has 2 N–H and O–H groups in total. The van der Waals surface area contributed by atoms with E-state index >= 15 is 0 Å². The van der Waals surface area contributed by atoms with E-state index in [0.717, 1.165) is 34.6 Å². The number of nitrogens with one attached hydrogen (secondary N) is 1. The van der Waals surface area contributed by atoms with Crippen molar-refractivity contribution < 1.29 is 9.90 Å². The quantitative estimate of drug-likeness (QED) is 0.624. The number of nitrogens with zero attached hydrogens (tertiary/aromatic N) is 3. The van der Waals surface area contributed by atoms with Crippen LogP contribution in [0.5, 0.6) is 0 Å². The molecule has 3 fully saturated rings. The Kier molecular flexibility index (Phi) is 6.31. The fourth-order valence-corrected chi connectivity index (χ4v) is 4.91. The predicted molar refractivity (Wildman–Crippen MR) is 119 cm³/mol. The summed E-state index contributed by atoms with van der Waals surface area (Å²) < 4.78 is 1.94. The number of hydrogen-bond acceptors (Lipinski definition) is 4. The van der Waals surface area contributed by atoms with E-state index in [-0.39, 0.29) is 18.9 Å². The van der Waals surface area contributed by atoms with Gasteiger partial charge in [0.2, 0.25) is 0 Å². The minimum atomic E-state index is -0.904. The summed E-state index contributed by atoms with van der Waals surface area (Å²) in [5.41, 5.74) is 3.17.